The van der Waals surface area contributed by atoms with Crippen LogP contribution in [0.25, 0.3) is 11.3 Å². The number of H-pyrrole nitrogens is 1. The number of benzene rings is 1. The van der Waals surface area contributed by atoms with E-state index in [-0.39, 0.29) is 11.5 Å². The first-order valence-corrected chi connectivity index (χ1v) is 7.92. The number of carbonyl (C=O) groups is 1. The monoisotopic (exact) mass is 337 g/mol. The van der Waals surface area contributed by atoms with Crippen LogP contribution in [0.4, 0.5) is 5.69 Å². The minimum atomic E-state index is -0.428. The number of amides is 1. The summed E-state index contributed by atoms with van der Waals surface area (Å²) in [5.41, 5.74) is 3.82. The Morgan fingerprint density at radius 3 is 2.68 bits per heavy atom. The van der Waals surface area contributed by atoms with E-state index in [2.05, 4.69) is 20.6 Å². The van der Waals surface area contributed by atoms with E-state index in [1.54, 1.807) is 23.9 Å². The zero-order valence-electron chi connectivity index (χ0n) is 14.3. The van der Waals surface area contributed by atoms with E-state index in [9.17, 15) is 9.59 Å². The number of rotatable bonds is 4. The van der Waals surface area contributed by atoms with Crippen LogP contribution in [0.15, 0.2) is 47.5 Å². The summed E-state index contributed by atoms with van der Waals surface area (Å²) in [4.78, 5) is 23.7. The molecule has 2 N–H and O–H groups in total. The van der Waals surface area contributed by atoms with E-state index in [4.69, 9.17) is 0 Å². The van der Waals surface area contributed by atoms with Crippen molar-refractivity contribution in [2.24, 2.45) is 0 Å². The first-order valence-electron chi connectivity index (χ1n) is 7.92. The van der Waals surface area contributed by atoms with Crippen molar-refractivity contribution in [3.8, 4) is 11.3 Å². The molecule has 0 aliphatic rings. The predicted molar refractivity (Wildman–Crippen MR) is 95.3 cm³/mol. The Bertz CT molecular complexity index is 953. The van der Waals surface area contributed by atoms with Crippen LogP contribution in [-0.4, -0.2) is 25.9 Å². The third-order valence-electron chi connectivity index (χ3n) is 3.98. The average molecular weight is 337 g/mol. The van der Waals surface area contributed by atoms with Crippen molar-refractivity contribution in [1.82, 2.24) is 20.0 Å². The second-order valence-corrected chi connectivity index (χ2v) is 6.00. The molecule has 0 bridgehead atoms. The molecule has 0 saturated heterocycles. The summed E-state index contributed by atoms with van der Waals surface area (Å²) in [5, 5.41) is 13.6. The lowest BCUT2D eigenvalue weighted by Crippen LogP contribution is -2.24. The van der Waals surface area contributed by atoms with Crippen molar-refractivity contribution in [3.05, 3.63) is 64.2 Å². The number of nitrogens with one attached hydrogen (secondary N) is 2. The number of nitrogens with zero attached hydrogens (tertiary/aromatic N) is 3. The molecule has 0 spiro atoms. The average Bonchev–Trinajstić information content (AvgIpc) is 3.03. The Balaban J connectivity index is 1.84. The van der Waals surface area contributed by atoms with Gasteiger partial charge in [0.05, 0.1) is 11.9 Å². The van der Waals surface area contributed by atoms with Gasteiger partial charge in [-0.15, -0.1) is 0 Å². The van der Waals surface area contributed by atoms with Gasteiger partial charge in [-0.3, -0.25) is 14.3 Å². The molecule has 25 heavy (non-hydrogen) atoms. The molecule has 1 atom stereocenters. The smallest absolute Gasteiger partial charge is 0.264 e. The SMILES string of the molecule is Cc1cnn(C(C)C(=O)Nc2cc(-c3ccc(=O)[nH]n3)ccc2C)c1. The van der Waals surface area contributed by atoms with E-state index in [0.717, 1.165) is 16.7 Å². The highest BCUT2D eigenvalue weighted by Gasteiger charge is 2.17. The normalized spacial score (nSPS) is 12.0. The van der Waals surface area contributed by atoms with Crippen LogP contribution in [-0.2, 0) is 4.79 Å². The molecule has 1 unspecified atom stereocenters. The predicted octanol–water partition coefficient (Wildman–Crippen LogP) is 2.45. The number of aromatic amines is 1. The highest BCUT2D eigenvalue weighted by molar-refractivity contribution is 5.94. The van der Waals surface area contributed by atoms with Crippen LogP contribution in [0, 0.1) is 13.8 Å². The van der Waals surface area contributed by atoms with Gasteiger partial charge in [0.15, 0.2) is 0 Å². The van der Waals surface area contributed by atoms with Crippen molar-refractivity contribution in [2.45, 2.75) is 26.8 Å². The maximum absolute atomic E-state index is 12.5. The molecule has 0 saturated carbocycles. The Morgan fingerprint density at radius 1 is 1.24 bits per heavy atom. The summed E-state index contributed by atoms with van der Waals surface area (Å²) < 4.78 is 1.63. The molecule has 3 rings (SSSR count). The molecular weight excluding hydrogens is 318 g/mol. The van der Waals surface area contributed by atoms with Crippen molar-refractivity contribution in [1.29, 1.82) is 0 Å². The standard InChI is InChI=1S/C18H19N5O2/c1-11-9-19-23(10-11)13(3)18(25)20-16-8-14(5-4-12(16)2)15-6-7-17(24)22-21-15/h4-10,13H,1-3H3,(H,20,25)(H,22,24). The molecule has 7 heteroatoms. The van der Waals surface area contributed by atoms with Crippen LogP contribution in [0.2, 0.25) is 0 Å². The topological polar surface area (TPSA) is 92.7 Å². The molecule has 0 radical (unpaired) electrons. The number of aryl methyl sites for hydroxylation is 2. The van der Waals surface area contributed by atoms with Crippen LogP contribution in [0.5, 0.6) is 0 Å². The Labute approximate surface area is 144 Å². The van der Waals surface area contributed by atoms with Crippen molar-refractivity contribution in [2.75, 3.05) is 5.32 Å². The zero-order valence-corrected chi connectivity index (χ0v) is 14.3. The molecular formula is C18H19N5O2. The Kier molecular flexibility index (Phi) is 4.47. The summed E-state index contributed by atoms with van der Waals surface area (Å²) in [6.07, 6.45) is 3.55. The minimum Gasteiger partial charge on any atom is -0.324 e. The van der Waals surface area contributed by atoms with Gasteiger partial charge in [0.25, 0.3) is 5.56 Å². The number of aromatic nitrogens is 4. The first-order chi connectivity index (χ1) is 11.9. The molecule has 7 nitrogen and oxygen atoms in total. The van der Waals surface area contributed by atoms with Gasteiger partial charge < -0.3 is 5.32 Å². The van der Waals surface area contributed by atoms with E-state index in [1.165, 1.54) is 6.07 Å². The molecule has 0 aliphatic heterocycles. The van der Waals surface area contributed by atoms with E-state index >= 15 is 0 Å². The molecule has 1 amide bonds. The third-order valence-corrected chi connectivity index (χ3v) is 3.98. The number of anilines is 1. The minimum absolute atomic E-state index is 0.155. The van der Waals surface area contributed by atoms with Gasteiger partial charge >= 0.3 is 0 Å². The van der Waals surface area contributed by atoms with Gasteiger partial charge in [-0.05, 0) is 44.0 Å². The van der Waals surface area contributed by atoms with Crippen molar-refractivity contribution >= 4 is 11.6 Å². The fourth-order valence-electron chi connectivity index (χ4n) is 2.42. The van der Waals surface area contributed by atoms with Crippen LogP contribution in [0.3, 0.4) is 0 Å². The van der Waals surface area contributed by atoms with E-state index in [0.29, 0.717) is 11.4 Å². The lowest BCUT2D eigenvalue weighted by Gasteiger charge is -2.15. The highest BCUT2D eigenvalue weighted by atomic mass is 16.2. The maximum Gasteiger partial charge on any atom is 0.264 e. The second kappa shape index (κ2) is 6.72. The first kappa shape index (κ1) is 16.6. The fraction of sp³-hybridized carbons (Fsp3) is 0.222. The second-order valence-electron chi connectivity index (χ2n) is 6.00. The Hall–Kier alpha value is -3.22. The van der Waals surface area contributed by atoms with Gasteiger partial charge in [-0.2, -0.15) is 10.2 Å². The lowest BCUT2D eigenvalue weighted by molar-refractivity contribution is -0.119. The molecule has 3 aromatic rings. The molecule has 2 heterocycles. The molecule has 1 aromatic carbocycles. The van der Waals surface area contributed by atoms with Crippen molar-refractivity contribution in [3.63, 3.8) is 0 Å². The molecule has 0 fully saturated rings. The van der Waals surface area contributed by atoms with Gasteiger partial charge in [0, 0.05) is 23.5 Å². The summed E-state index contributed by atoms with van der Waals surface area (Å²) in [6.45, 7) is 5.64. The van der Waals surface area contributed by atoms with Crippen molar-refractivity contribution < 1.29 is 4.79 Å². The maximum atomic E-state index is 12.5. The zero-order chi connectivity index (χ0) is 18.0. The van der Waals surface area contributed by atoms with E-state index < -0.39 is 6.04 Å². The Morgan fingerprint density at radius 2 is 2.04 bits per heavy atom. The lowest BCUT2D eigenvalue weighted by atomic mass is 10.1. The van der Waals surface area contributed by atoms with Crippen LogP contribution in [0.1, 0.15) is 24.1 Å². The largest absolute Gasteiger partial charge is 0.324 e. The summed E-state index contributed by atoms with van der Waals surface area (Å²) >= 11 is 0. The molecule has 0 aliphatic carbocycles. The summed E-state index contributed by atoms with van der Waals surface area (Å²) in [5.74, 6) is -0.155. The third kappa shape index (κ3) is 3.65. The fourth-order valence-corrected chi connectivity index (χ4v) is 2.42. The van der Waals surface area contributed by atoms with Crippen LogP contribution >= 0.6 is 0 Å². The number of hydrogen-bond acceptors (Lipinski definition) is 4. The van der Waals surface area contributed by atoms with Gasteiger partial charge in [-0.25, -0.2) is 5.10 Å². The summed E-state index contributed by atoms with van der Waals surface area (Å²) in [7, 11) is 0. The number of hydrogen-bond donors (Lipinski definition) is 2. The van der Waals surface area contributed by atoms with Gasteiger partial charge in [0.1, 0.15) is 6.04 Å². The van der Waals surface area contributed by atoms with E-state index in [1.807, 2.05) is 38.2 Å². The van der Waals surface area contributed by atoms with Gasteiger partial charge in [-0.1, -0.05) is 12.1 Å². The molecule has 128 valence electrons. The molecule has 2 aromatic heterocycles. The quantitative estimate of drug-likeness (QED) is 0.765. The van der Waals surface area contributed by atoms with Crippen LogP contribution < -0.4 is 10.9 Å². The highest BCUT2D eigenvalue weighted by Crippen LogP contribution is 2.24. The number of carbonyl (C=O) groups excluding carboxylic acids is 1. The van der Waals surface area contributed by atoms with Gasteiger partial charge in [0.2, 0.25) is 5.91 Å². The summed E-state index contributed by atoms with van der Waals surface area (Å²) in [6, 6.07) is 8.27.